The van der Waals surface area contributed by atoms with E-state index in [1.165, 1.54) is 0 Å². The molecule has 0 bridgehead atoms. The van der Waals surface area contributed by atoms with Crippen LogP contribution in [0.1, 0.15) is 12.8 Å². The fourth-order valence-electron chi connectivity index (χ4n) is 1.12. The van der Waals surface area contributed by atoms with Crippen molar-refractivity contribution in [3.05, 3.63) is 0 Å². The van der Waals surface area contributed by atoms with Gasteiger partial charge in [-0.3, -0.25) is 29.9 Å². The van der Waals surface area contributed by atoms with E-state index in [2.05, 4.69) is 5.32 Å². The molecule has 1 rings (SSSR count). The predicted molar refractivity (Wildman–Crippen MR) is 46.6 cm³/mol. The van der Waals surface area contributed by atoms with E-state index in [0.29, 0.717) is 0 Å². The average Bonchev–Trinajstić information content (AvgIpc) is 2.20. The fraction of sp³-hybridized carbons (Fsp3) is 0.429. The third-order valence-electron chi connectivity index (χ3n) is 1.88. The summed E-state index contributed by atoms with van der Waals surface area (Å²) < 4.78 is 0. The Morgan fingerprint density at radius 3 is 2.53 bits per heavy atom. The van der Waals surface area contributed by atoms with Crippen LogP contribution in [0.5, 0.6) is 0 Å². The van der Waals surface area contributed by atoms with Crippen LogP contribution < -0.4 is 21.9 Å². The number of rotatable bonds is 1. The highest BCUT2D eigenvalue weighted by Crippen LogP contribution is 2.03. The second-order valence-corrected chi connectivity index (χ2v) is 2.95. The molecule has 1 heterocycles. The van der Waals surface area contributed by atoms with Gasteiger partial charge in [0.2, 0.25) is 11.8 Å². The molecule has 4 amide bonds. The number of nitrogens with two attached hydrogens (primary N) is 1. The normalized spacial score (nSPS) is 20.5. The molecule has 1 unspecified atom stereocenters. The lowest BCUT2D eigenvalue weighted by Crippen LogP contribution is -2.55. The minimum absolute atomic E-state index is 0.126. The Morgan fingerprint density at radius 1 is 1.33 bits per heavy atom. The molecule has 0 radical (unpaired) electrons. The Morgan fingerprint density at radius 2 is 2.00 bits per heavy atom. The summed E-state index contributed by atoms with van der Waals surface area (Å²) in [5, 5.41) is 4.18. The van der Waals surface area contributed by atoms with Crippen LogP contribution in [0.4, 0.5) is 0 Å². The quantitative estimate of drug-likeness (QED) is 0.121. The molecule has 5 N–H and O–H groups in total. The number of hydrogen-bond donors (Lipinski definition) is 4. The first-order valence-corrected chi connectivity index (χ1v) is 4.19. The molecule has 8 heteroatoms. The maximum Gasteiger partial charge on any atom is 0.323 e. The number of hydrazine groups is 1. The summed E-state index contributed by atoms with van der Waals surface area (Å²) in [4.78, 5) is 43.6. The fourth-order valence-corrected chi connectivity index (χ4v) is 1.12. The van der Waals surface area contributed by atoms with Crippen LogP contribution in [-0.4, -0.2) is 29.7 Å². The van der Waals surface area contributed by atoms with Crippen molar-refractivity contribution in [3.8, 4) is 0 Å². The second-order valence-electron chi connectivity index (χ2n) is 2.95. The van der Waals surface area contributed by atoms with Crippen LogP contribution in [0.15, 0.2) is 0 Å². The average molecular weight is 214 g/mol. The Labute approximate surface area is 84.5 Å². The Hall–Kier alpha value is -1.96. The van der Waals surface area contributed by atoms with Crippen LogP contribution in [0.2, 0.25) is 0 Å². The van der Waals surface area contributed by atoms with Crippen LogP contribution in [0, 0.1) is 0 Å². The number of nitrogens with one attached hydrogen (secondary N) is 3. The van der Waals surface area contributed by atoms with Gasteiger partial charge < -0.3 is 5.32 Å². The van der Waals surface area contributed by atoms with Crippen LogP contribution in [-0.2, 0) is 19.2 Å². The maximum atomic E-state index is 11.1. The number of piperidine rings is 1. The highest BCUT2D eigenvalue weighted by Gasteiger charge is 2.29. The molecule has 1 saturated heterocycles. The number of carbonyl (C=O) groups excluding carboxylic acids is 4. The van der Waals surface area contributed by atoms with Gasteiger partial charge in [-0.05, 0) is 6.42 Å². The zero-order valence-electron chi connectivity index (χ0n) is 7.70. The van der Waals surface area contributed by atoms with Gasteiger partial charge in [-0.2, -0.15) is 0 Å². The van der Waals surface area contributed by atoms with Gasteiger partial charge >= 0.3 is 11.8 Å². The zero-order chi connectivity index (χ0) is 11.4. The number of hydrogen-bond acceptors (Lipinski definition) is 5. The minimum atomic E-state index is -1.04. The summed E-state index contributed by atoms with van der Waals surface area (Å²) >= 11 is 0. The molecule has 0 aromatic heterocycles. The topological polar surface area (TPSA) is 130 Å². The molecule has 1 atom stereocenters. The van der Waals surface area contributed by atoms with E-state index in [1.54, 1.807) is 5.43 Å². The van der Waals surface area contributed by atoms with E-state index in [0.717, 1.165) is 0 Å². The lowest BCUT2D eigenvalue weighted by atomic mass is 10.1. The van der Waals surface area contributed by atoms with Gasteiger partial charge in [0.05, 0.1) is 0 Å². The molecular formula is C7H10N4O4. The summed E-state index contributed by atoms with van der Waals surface area (Å²) in [6.45, 7) is 0. The number of imide groups is 1. The molecule has 1 aliphatic heterocycles. The number of amides is 4. The molecule has 0 saturated carbocycles. The molecule has 0 spiro atoms. The largest absolute Gasteiger partial charge is 0.336 e. The van der Waals surface area contributed by atoms with Crippen molar-refractivity contribution in [1.82, 2.24) is 16.1 Å². The monoisotopic (exact) mass is 214 g/mol. The van der Waals surface area contributed by atoms with Gasteiger partial charge in [-0.15, -0.1) is 0 Å². The van der Waals surface area contributed by atoms with E-state index in [9.17, 15) is 19.2 Å². The first kappa shape index (κ1) is 11.1. The van der Waals surface area contributed by atoms with Crippen molar-refractivity contribution >= 4 is 23.6 Å². The first-order valence-electron chi connectivity index (χ1n) is 4.19. The Kier molecular flexibility index (Phi) is 3.34. The van der Waals surface area contributed by atoms with Gasteiger partial charge in [-0.25, -0.2) is 5.84 Å². The van der Waals surface area contributed by atoms with Gasteiger partial charge in [0, 0.05) is 6.42 Å². The molecular weight excluding hydrogens is 204 g/mol. The van der Waals surface area contributed by atoms with Crippen LogP contribution in [0.25, 0.3) is 0 Å². The Balaban J connectivity index is 2.52. The molecule has 0 aliphatic carbocycles. The second kappa shape index (κ2) is 4.51. The summed E-state index contributed by atoms with van der Waals surface area (Å²) in [6.07, 6.45) is 0.301. The van der Waals surface area contributed by atoms with E-state index >= 15 is 0 Å². The van der Waals surface area contributed by atoms with Gasteiger partial charge in [-0.1, -0.05) is 0 Å². The van der Waals surface area contributed by atoms with Crippen LogP contribution >= 0.6 is 0 Å². The zero-order valence-corrected chi connectivity index (χ0v) is 7.70. The molecule has 0 aromatic carbocycles. The highest BCUT2D eigenvalue weighted by atomic mass is 16.2. The van der Waals surface area contributed by atoms with E-state index in [1.807, 2.05) is 5.32 Å². The van der Waals surface area contributed by atoms with Crippen molar-refractivity contribution in [3.63, 3.8) is 0 Å². The van der Waals surface area contributed by atoms with Crippen molar-refractivity contribution in [2.45, 2.75) is 18.9 Å². The first-order chi connectivity index (χ1) is 7.04. The summed E-state index contributed by atoms with van der Waals surface area (Å²) in [7, 11) is 0. The van der Waals surface area contributed by atoms with Crippen molar-refractivity contribution in [1.29, 1.82) is 0 Å². The van der Waals surface area contributed by atoms with E-state index in [4.69, 9.17) is 5.84 Å². The predicted octanol–water partition coefficient (Wildman–Crippen LogP) is -3.10. The molecule has 15 heavy (non-hydrogen) atoms. The summed E-state index contributed by atoms with van der Waals surface area (Å²) in [5.74, 6) is 1.65. The van der Waals surface area contributed by atoms with Crippen molar-refractivity contribution in [2.24, 2.45) is 5.84 Å². The smallest absolute Gasteiger partial charge is 0.323 e. The lowest BCUT2D eigenvalue weighted by Gasteiger charge is -2.21. The minimum Gasteiger partial charge on any atom is -0.336 e. The third-order valence-corrected chi connectivity index (χ3v) is 1.88. The van der Waals surface area contributed by atoms with Gasteiger partial charge in [0.1, 0.15) is 6.04 Å². The van der Waals surface area contributed by atoms with Crippen molar-refractivity contribution < 1.29 is 19.2 Å². The lowest BCUT2D eigenvalue weighted by molar-refractivity contribution is -0.142. The molecule has 82 valence electrons. The SMILES string of the molecule is NNC(=O)C(=O)NC1CCC(=O)NC1=O. The summed E-state index contributed by atoms with van der Waals surface area (Å²) in [6, 6.07) is -0.868. The standard InChI is InChI=1S/C7H10N4O4/c8-11-7(15)6(14)9-3-1-2-4(12)10-5(3)13/h3H,1-2,8H2,(H,9,14)(H,11,15)(H,10,12,13). The maximum absolute atomic E-state index is 11.1. The molecule has 1 aliphatic rings. The third kappa shape index (κ3) is 2.74. The number of carbonyl (C=O) groups is 4. The molecule has 1 fully saturated rings. The van der Waals surface area contributed by atoms with E-state index < -0.39 is 29.7 Å². The Bertz CT molecular complexity index is 327. The summed E-state index contributed by atoms with van der Waals surface area (Å²) in [5.41, 5.74) is 1.63. The van der Waals surface area contributed by atoms with E-state index in [-0.39, 0.29) is 12.8 Å². The highest BCUT2D eigenvalue weighted by molar-refractivity contribution is 6.35. The van der Waals surface area contributed by atoms with Crippen LogP contribution in [0.3, 0.4) is 0 Å². The van der Waals surface area contributed by atoms with Gasteiger partial charge in [0.15, 0.2) is 0 Å². The van der Waals surface area contributed by atoms with Gasteiger partial charge in [0.25, 0.3) is 0 Å². The van der Waals surface area contributed by atoms with Crippen molar-refractivity contribution in [2.75, 3.05) is 0 Å². The molecule has 8 nitrogen and oxygen atoms in total. The molecule has 0 aromatic rings.